The molecule has 2 aromatic carbocycles. The summed E-state index contributed by atoms with van der Waals surface area (Å²) < 4.78 is 0. The van der Waals surface area contributed by atoms with Gasteiger partial charge < -0.3 is 20.9 Å². The Bertz CT molecular complexity index is 1140. The first kappa shape index (κ1) is 30.4. The fraction of sp³-hybridized carbons (Fsp3) is 0.500. The third-order valence-corrected chi connectivity index (χ3v) is 7.50. The van der Waals surface area contributed by atoms with E-state index in [1.807, 2.05) is 37.9 Å². The largest absolute Gasteiger partial charge is 0.374 e. The van der Waals surface area contributed by atoms with Gasteiger partial charge in [0.1, 0.15) is 6.04 Å². The minimum atomic E-state index is -0.447. The molecular formula is C30H42ClN5O3. The lowest BCUT2D eigenvalue weighted by Crippen LogP contribution is -2.55. The molecule has 0 bridgehead atoms. The molecule has 0 spiro atoms. The molecule has 9 heteroatoms. The number of hydrogen-bond acceptors (Lipinski definition) is 5. The van der Waals surface area contributed by atoms with E-state index >= 15 is 0 Å². The highest BCUT2D eigenvalue weighted by Crippen LogP contribution is 2.22. The van der Waals surface area contributed by atoms with Crippen LogP contribution in [0.15, 0.2) is 42.5 Å². The third-order valence-electron chi connectivity index (χ3n) is 7.27. The molecule has 212 valence electrons. The number of nitrogens with one attached hydrogen (secondary N) is 3. The van der Waals surface area contributed by atoms with E-state index in [0.29, 0.717) is 17.1 Å². The van der Waals surface area contributed by atoms with E-state index < -0.39 is 6.04 Å². The van der Waals surface area contributed by atoms with Crippen LogP contribution in [0, 0.1) is 6.92 Å². The number of carbonyl (C=O) groups excluding carboxylic acids is 3. The second-order valence-corrected chi connectivity index (χ2v) is 11.0. The lowest BCUT2D eigenvalue weighted by Gasteiger charge is -2.33. The Hall–Kier alpha value is -3.10. The minimum Gasteiger partial charge on any atom is -0.374 e. The van der Waals surface area contributed by atoms with Gasteiger partial charge in [0, 0.05) is 41.1 Å². The number of benzene rings is 2. The molecule has 3 amide bonds. The van der Waals surface area contributed by atoms with E-state index in [1.165, 1.54) is 0 Å². The Balaban J connectivity index is 1.57. The number of aryl methyl sites for hydroxylation is 1. The molecule has 39 heavy (non-hydrogen) atoms. The summed E-state index contributed by atoms with van der Waals surface area (Å²) >= 11 is 6.05. The predicted molar refractivity (Wildman–Crippen MR) is 159 cm³/mol. The number of rotatable bonds is 11. The molecule has 8 nitrogen and oxygen atoms in total. The Labute approximate surface area is 237 Å². The molecule has 0 radical (unpaired) electrons. The number of amides is 3. The minimum absolute atomic E-state index is 0.00104. The van der Waals surface area contributed by atoms with Crippen molar-refractivity contribution in [2.45, 2.75) is 71.0 Å². The molecule has 3 unspecified atom stereocenters. The first-order valence-electron chi connectivity index (χ1n) is 13.8. The van der Waals surface area contributed by atoms with Crippen LogP contribution in [0.2, 0.25) is 5.02 Å². The van der Waals surface area contributed by atoms with Gasteiger partial charge in [-0.3, -0.25) is 19.3 Å². The highest BCUT2D eigenvalue weighted by atomic mass is 35.5. The number of nitrogens with zero attached hydrogens (tertiary/aromatic N) is 2. The van der Waals surface area contributed by atoms with Crippen molar-refractivity contribution >= 4 is 40.7 Å². The molecule has 2 aromatic rings. The van der Waals surface area contributed by atoms with Gasteiger partial charge in [0.15, 0.2) is 0 Å². The normalized spacial score (nSPS) is 17.8. The Kier molecular flexibility index (Phi) is 11.2. The molecule has 1 saturated carbocycles. The van der Waals surface area contributed by atoms with Crippen LogP contribution in [0.5, 0.6) is 0 Å². The first-order chi connectivity index (χ1) is 18.6. The van der Waals surface area contributed by atoms with Crippen molar-refractivity contribution < 1.29 is 14.4 Å². The van der Waals surface area contributed by atoms with Crippen LogP contribution in [-0.4, -0.2) is 67.9 Å². The van der Waals surface area contributed by atoms with E-state index in [4.69, 9.17) is 11.6 Å². The molecule has 0 aliphatic heterocycles. The van der Waals surface area contributed by atoms with E-state index in [9.17, 15) is 14.4 Å². The highest BCUT2D eigenvalue weighted by molar-refractivity contribution is 6.30. The Morgan fingerprint density at radius 3 is 2.26 bits per heavy atom. The average molecular weight is 556 g/mol. The monoisotopic (exact) mass is 555 g/mol. The zero-order chi connectivity index (χ0) is 28.5. The van der Waals surface area contributed by atoms with Crippen molar-refractivity contribution in [3.05, 3.63) is 58.6 Å². The summed E-state index contributed by atoms with van der Waals surface area (Å²) in [4.78, 5) is 42.3. The summed E-state index contributed by atoms with van der Waals surface area (Å²) in [6.45, 7) is 7.05. The molecule has 1 aliphatic carbocycles. The number of anilines is 2. The SMILES string of the molecule is CCCN(C)CC(=O)N(C)c1ccc(C(=O)NC2CCCCC2NC(=O)C(C)Nc2ccc(Cl)cc2C)cc1. The van der Waals surface area contributed by atoms with Gasteiger partial charge in [-0.05, 0) is 94.7 Å². The van der Waals surface area contributed by atoms with Gasteiger partial charge in [0.05, 0.1) is 6.54 Å². The average Bonchev–Trinajstić information content (AvgIpc) is 2.91. The van der Waals surface area contributed by atoms with Crippen LogP contribution in [0.3, 0.4) is 0 Å². The molecule has 1 aliphatic rings. The van der Waals surface area contributed by atoms with Crippen LogP contribution in [-0.2, 0) is 9.59 Å². The van der Waals surface area contributed by atoms with Gasteiger partial charge in [-0.25, -0.2) is 0 Å². The van der Waals surface area contributed by atoms with Crippen LogP contribution in [0.1, 0.15) is 61.9 Å². The van der Waals surface area contributed by atoms with Gasteiger partial charge >= 0.3 is 0 Å². The summed E-state index contributed by atoms with van der Waals surface area (Å²) in [6.07, 6.45) is 4.59. The molecule has 3 atom stereocenters. The summed E-state index contributed by atoms with van der Waals surface area (Å²) in [5.41, 5.74) is 3.09. The Morgan fingerprint density at radius 2 is 1.64 bits per heavy atom. The molecule has 3 rings (SSSR count). The summed E-state index contributed by atoms with van der Waals surface area (Å²) in [7, 11) is 3.68. The van der Waals surface area contributed by atoms with Crippen molar-refractivity contribution in [3.63, 3.8) is 0 Å². The fourth-order valence-corrected chi connectivity index (χ4v) is 5.13. The van der Waals surface area contributed by atoms with Crippen molar-refractivity contribution in [1.29, 1.82) is 0 Å². The molecule has 0 heterocycles. The highest BCUT2D eigenvalue weighted by Gasteiger charge is 2.29. The topological polar surface area (TPSA) is 93.8 Å². The molecule has 1 fully saturated rings. The summed E-state index contributed by atoms with van der Waals surface area (Å²) in [5.74, 6) is -0.302. The smallest absolute Gasteiger partial charge is 0.251 e. The van der Waals surface area contributed by atoms with E-state index in [1.54, 1.807) is 42.3 Å². The van der Waals surface area contributed by atoms with E-state index in [2.05, 4.69) is 22.9 Å². The molecular weight excluding hydrogens is 514 g/mol. The van der Waals surface area contributed by atoms with Gasteiger partial charge in [0.2, 0.25) is 11.8 Å². The van der Waals surface area contributed by atoms with Crippen LogP contribution < -0.4 is 20.9 Å². The zero-order valence-corrected chi connectivity index (χ0v) is 24.5. The predicted octanol–water partition coefficient (Wildman–Crippen LogP) is 4.61. The molecule has 0 saturated heterocycles. The summed E-state index contributed by atoms with van der Waals surface area (Å²) in [6, 6.07) is 11.8. The number of halogens is 1. The maximum Gasteiger partial charge on any atom is 0.251 e. The quantitative estimate of drug-likeness (QED) is 0.376. The number of likely N-dealkylation sites (N-methyl/N-ethyl adjacent to an activating group) is 2. The fourth-order valence-electron chi connectivity index (χ4n) is 4.90. The van der Waals surface area contributed by atoms with Gasteiger partial charge in [-0.2, -0.15) is 0 Å². The zero-order valence-electron chi connectivity index (χ0n) is 23.7. The van der Waals surface area contributed by atoms with Crippen LogP contribution >= 0.6 is 11.6 Å². The van der Waals surface area contributed by atoms with E-state index in [-0.39, 0.29) is 29.8 Å². The standard InChI is InChI=1S/C30H42ClN5O3/c1-6-17-35(4)19-28(37)36(5)24-14-11-22(12-15-24)30(39)34-27-10-8-7-9-26(27)33-29(38)21(3)32-25-16-13-23(31)18-20(25)2/h11-16,18,21,26-27,32H,6-10,17,19H2,1-5H3,(H,33,38)(H,34,39). The second kappa shape index (κ2) is 14.3. The van der Waals surface area contributed by atoms with Gasteiger partial charge in [0.25, 0.3) is 5.91 Å². The van der Waals surface area contributed by atoms with Crippen LogP contribution in [0.25, 0.3) is 0 Å². The Morgan fingerprint density at radius 1 is 1.00 bits per heavy atom. The lowest BCUT2D eigenvalue weighted by molar-refractivity contribution is -0.122. The third kappa shape index (κ3) is 8.70. The first-order valence-corrected chi connectivity index (χ1v) is 14.2. The maximum atomic E-state index is 13.1. The van der Waals surface area contributed by atoms with Crippen molar-refractivity contribution in [1.82, 2.24) is 15.5 Å². The van der Waals surface area contributed by atoms with Crippen LogP contribution in [0.4, 0.5) is 11.4 Å². The molecule has 3 N–H and O–H groups in total. The number of hydrogen-bond donors (Lipinski definition) is 3. The van der Waals surface area contributed by atoms with Gasteiger partial charge in [-0.1, -0.05) is 31.4 Å². The van der Waals surface area contributed by atoms with Gasteiger partial charge in [-0.15, -0.1) is 0 Å². The van der Waals surface area contributed by atoms with E-state index in [0.717, 1.165) is 55.6 Å². The summed E-state index contributed by atoms with van der Waals surface area (Å²) in [5, 5.41) is 10.2. The second-order valence-electron chi connectivity index (χ2n) is 10.5. The van der Waals surface area contributed by atoms with Crippen molar-refractivity contribution in [2.75, 3.05) is 37.4 Å². The lowest BCUT2D eigenvalue weighted by atomic mass is 9.89. The van der Waals surface area contributed by atoms with Crippen molar-refractivity contribution in [3.8, 4) is 0 Å². The number of carbonyl (C=O) groups is 3. The maximum absolute atomic E-state index is 13.1. The molecule has 0 aromatic heterocycles. The van der Waals surface area contributed by atoms with Crippen molar-refractivity contribution in [2.24, 2.45) is 0 Å².